The summed E-state index contributed by atoms with van der Waals surface area (Å²) >= 11 is 0. The van der Waals surface area contributed by atoms with Crippen LogP contribution in [0.25, 0.3) is 10.9 Å². The van der Waals surface area contributed by atoms with E-state index in [9.17, 15) is 0 Å². The second kappa shape index (κ2) is 5.09. The minimum atomic E-state index is -0.337. The monoisotopic (exact) mass is 270 g/mol. The molecular weight excluding hydrogens is 252 g/mol. The average molecular weight is 270 g/mol. The third-order valence-corrected chi connectivity index (χ3v) is 3.60. The number of ether oxygens (including phenoxy) is 1. The zero-order valence-electron chi connectivity index (χ0n) is 11.5. The molecule has 2 heterocycles. The fourth-order valence-corrected chi connectivity index (χ4v) is 2.56. The van der Waals surface area contributed by atoms with Gasteiger partial charge in [-0.2, -0.15) is 0 Å². The summed E-state index contributed by atoms with van der Waals surface area (Å²) in [5.74, 6) is 1.03. The van der Waals surface area contributed by atoms with Crippen molar-refractivity contribution in [2.45, 2.75) is 13.0 Å². The number of nitrogens with two attached hydrogens (primary N) is 1. The molecule has 3 rings (SSSR count). The standard InChI is InChI=1S/C15H18N4O/c1-10-8-11-4-2-3-5-12(11)18-15(10)19-6-7-20-13(9-19)14(16)17/h2-5,8,13H,6-7,9H2,1H3,(H3,16,17). The van der Waals surface area contributed by atoms with E-state index in [1.807, 2.05) is 18.2 Å². The van der Waals surface area contributed by atoms with Crippen LogP contribution >= 0.6 is 0 Å². The molecule has 5 heteroatoms. The SMILES string of the molecule is Cc1cc2ccccc2nc1N1CCOC(C(=N)N)C1. The molecule has 1 aliphatic heterocycles. The molecule has 1 aromatic heterocycles. The van der Waals surface area contributed by atoms with Crippen molar-refractivity contribution < 1.29 is 4.74 Å². The van der Waals surface area contributed by atoms with Gasteiger partial charge in [0.2, 0.25) is 0 Å². The van der Waals surface area contributed by atoms with E-state index in [0.29, 0.717) is 13.2 Å². The van der Waals surface area contributed by atoms with E-state index in [-0.39, 0.29) is 11.9 Å². The molecular formula is C15H18N4O. The van der Waals surface area contributed by atoms with Gasteiger partial charge in [0.05, 0.1) is 18.7 Å². The van der Waals surface area contributed by atoms with Crippen molar-refractivity contribution in [1.29, 1.82) is 5.41 Å². The summed E-state index contributed by atoms with van der Waals surface area (Å²) in [5, 5.41) is 8.68. The molecule has 0 bridgehead atoms. The Kier molecular flexibility index (Phi) is 3.28. The Balaban J connectivity index is 1.96. The number of morpholine rings is 1. The van der Waals surface area contributed by atoms with Crippen LogP contribution in [0, 0.1) is 12.3 Å². The number of aromatic nitrogens is 1. The molecule has 1 unspecified atom stereocenters. The summed E-state index contributed by atoms with van der Waals surface area (Å²) in [4.78, 5) is 6.90. The highest BCUT2D eigenvalue weighted by atomic mass is 16.5. The van der Waals surface area contributed by atoms with Crippen LogP contribution in [0.15, 0.2) is 30.3 Å². The molecule has 0 saturated carbocycles. The zero-order chi connectivity index (χ0) is 14.1. The van der Waals surface area contributed by atoms with Crippen LogP contribution in [0.5, 0.6) is 0 Å². The molecule has 1 atom stereocenters. The largest absolute Gasteiger partial charge is 0.385 e. The number of aryl methyl sites for hydroxylation is 1. The van der Waals surface area contributed by atoms with Crippen LogP contribution < -0.4 is 10.6 Å². The molecule has 3 N–H and O–H groups in total. The van der Waals surface area contributed by atoms with Gasteiger partial charge in [-0.1, -0.05) is 18.2 Å². The molecule has 1 saturated heterocycles. The van der Waals surface area contributed by atoms with Gasteiger partial charge in [-0.15, -0.1) is 0 Å². The van der Waals surface area contributed by atoms with Crippen molar-refractivity contribution in [3.63, 3.8) is 0 Å². The van der Waals surface area contributed by atoms with E-state index >= 15 is 0 Å². The second-order valence-corrected chi connectivity index (χ2v) is 5.08. The van der Waals surface area contributed by atoms with E-state index in [4.69, 9.17) is 20.9 Å². The molecule has 0 radical (unpaired) electrons. The molecule has 0 spiro atoms. The summed E-state index contributed by atoms with van der Waals surface area (Å²) in [6.07, 6.45) is -0.337. The van der Waals surface area contributed by atoms with Crippen LogP contribution in [0.2, 0.25) is 0 Å². The van der Waals surface area contributed by atoms with Gasteiger partial charge in [0.1, 0.15) is 17.8 Å². The first-order valence-corrected chi connectivity index (χ1v) is 6.72. The minimum absolute atomic E-state index is 0.0770. The van der Waals surface area contributed by atoms with Gasteiger partial charge in [0.25, 0.3) is 0 Å². The molecule has 2 aromatic rings. The molecule has 0 aliphatic carbocycles. The van der Waals surface area contributed by atoms with E-state index in [2.05, 4.69) is 24.0 Å². The quantitative estimate of drug-likeness (QED) is 0.643. The van der Waals surface area contributed by atoms with Gasteiger partial charge in [0.15, 0.2) is 0 Å². The lowest BCUT2D eigenvalue weighted by atomic mass is 10.1. The van der Waals surface area contributed by atoms with Gasteiger partial charge in [-0.3, -0.25) is 5.41 Å². The molecule has 1 fully saturated rings. The third-order valence-electron chi connectivity index (χ3n) is 3.60. The van der Waals surface area contributed by atoms with Gasteiger partial charge in [-0.05, 0) is 24.6 Å². The number of hydrogen-bond donors (Lipinski definition) is 2. The van der Waals surface area contributed by atoms with Crippen molar-refractivity contribution in [2.75, 3.05) is 24.6 Å². The summed E-state index contributed by atoms with van der Waals surface area (Å²) in [6.45, 7) is 3.99. The number of nitrogens with one attached hydrogen (secondary N) is 1. The third kappa shape index (κ3) is 2.32. The maximum absolute atomic E-state index is 7.53. The van der Waals surface area contributed by atoms with E-state index in [1.165, 1.54) is 0 Å². The van der Waals surface area contributed by atoms with Crippen molar-refractivity contribution in [3.05, 3.63) is 35.9 Å². The van der Waals surface area contributed by atoms with Crippen LogP contribution in [-0.2, 0) is 4.74 Å². The lowest BCUT2D eigenvalue weighted by Gasteiger charge is -2.34. The zero-order valence-corrected chi connectivity index (χ0v) is 11.5. The number of anilines is 1. The Morgan fingerprint density at radius 1 is 1.45 bits per heavy atom. The lowest BCUT2D eigenvalue weighted by Crippen LogP contribution is -2.48. The van der Waals surface area contributed by atoms with E-state index in [1.54, 1.807) is 0 Å². The number of para-hydroxylation sites is 1. The Bertz CT molecular complexity index is 655. The summed E-state index contributed by atoms with van der Waals surface area (Å²) in [5.41, 5.74) is 7.66. The Hall–Kier alpha value is -2.14. The lowest BCUT2D eigenvalue weighted by molar-refractivity contribution is 0.0823. The smallest absolute Gasteiger partial charge is 0.132 e. The van der Waals surface area contributed by atoms with Crippen molar-refractivity contribution in [2.24, 2.45) is 5.73 Å². The van der Waals surface area contributed by atoms with Crippen molar-refractivity contribution in [1.82, 2.24) is 4.98 Å². The maximum Gasteiger partial charge on any atom is 0.132 e. The van der Waals surface area contributed by atoms with Crippen LogP contribution in [0.3, 0.4) is 0 Å². The number of hydrogen-bond acceptors (Lipinski definition) is 4. The Morgan fingerprint density at radius 3 is 3.05 bits per heavy atom. The molecule has 1 aliphatic rings. The maximum atomic E-state index is 7.53. The summed E-state index contributed by atoms with van der Waals surface area (Å²) in [6, 6.07) is 10.2. The first kappa shape index (κ1) is 12.9. The molecule has 0 amide bonds. The number of fused-ring (bicyclic) bond motifs is 1. The molecule has 5 nitrogen and oxygen atoms in total. The van der Waals surface area contributed by atoms with Gasteiger partial charge < -0.3 is 15.4 Å². The predicted molar refractivity (Wildman–Crippen MR) is 80.3 cm³/mol. The number of rotatable bonds is 2. The normalized spacial score (nSPS) is 19.2. The molecule has 20 heavy (non-hydrogen) atoms. The van der Waals surface area contributed by atoms with E-state index < -0.39 is 0 Å². The average Bonchev–Trinajstić information content (AvgIpc) is 2.46. The van der Waals surface area contributed by atoms with Gasteiger partial charge >= 0.3 is 0 Å². The molecule has 1 aromatic carbocycles. The van der Waals surface area contributed by atoms with Gasteiger partial charge in [0, 0.05) is 11.9 Å². The van der Waals surface area contributed by atoms with Gasteiger partial charge in [-0.25, -0.2) is 4.98 Å². The predicted octanol–water partition coefficient (Wildman–Crippen LogP) is 1.68. The number of amidine groups is 1. The van der Waals surface area contributed by atoms with Crippen molar-refractivity contribution >= 4 is 22.6 Å². The number of pyridine rings is 1. The van der Waals surface area contributed by atoms with Crippen LogP contribution in [0.4, 0.5) is 5.82 Å². The number of nitrogens with zero attached hydrogens (tertiary/aromatic N) is 2. The highest BCUT2D eigenvalue weighted by Gasteiger charge is 2.24. The second-order valence-electron chi connectivity index (χ2n) is 5.08. The Morgan fingerprint density at radius 2 is 2.25 bits per heavy atom. The first-order valence-electron chi connectivity index (χ1n) is 6.72. The highest BCUT2D eigenvalue weighted by molar-refractivity contribution is 5.84. The van der Waals surface area contributed by atoms with E-state index in [0.717, 1.165) is 28.8 Å². The molecule has 104 valence electrons. The topological polar surface area (TPSA) is 75.2 Å². The minimum Gasteiger partial charge on any atom is -0.385 e. The Labute approximate surface area is 117 Å². The van der Waals surface area contributed by atoms with Crippen molar-refractivity contribution in [3.8, 4) is 0 Å². The van der Waals surface area contributed by atoms with Crippen LogP contribution in [-0.4, -0.2) is 36.6 Å². The fourth-order valence-electron chi connectivity index (χ4n) is 2.56. The fraction of sp³-hybridized carbons (Fsp3) is 0.333. The van der Waals surface area contributed by atoms with Crippen LogP contribution in [0.1, 0.15) is 5.56 Å². The summed E-state index contributed by atoms with van der Waals surface area (Å²) < 4.78 is 5.50. The summed E-state index contributed by atoms with van der Waals surface area (Å²) in [7, 11) is 0. The number of benzene rings is 1. The highest BCUT2D eigenvalue weighted by Crippen LogP contribution is 2.24. The first-order chi connectivity index (χ1) is 9.65.